The normalized spacial score (nSPS) is 21.0. The lowest BCUT2D eigenvalue weighted by Gasteiger charge is -2.14. The Kier molecular flexibility index (Phi) is 4.83. The van der Waals surface area contributed by atoms with E-state index in [-0.39, 0.29) is 12.7 Å². The summed E-state index contributed by atoms with van der Waals surface area (Å²) in [7, 11) is 0. The van der Waals surface area contributed by atoms with Crippen LogP contribution in [-0.2, 0) is 11.3 Å². The predicted molar refractivity (Wildman–Crippen MR) is 90.8 cm³/mol. The van der Waals surface area contributed by atoms with Crippen molar-refractivity contribution >= 4 is 0 Å². The number of aromatic nitrogens is 2. The van der Waals surface area contributed by atoms with Gasteiger partial charge in [0.1, 0.15) is 5.82 Å². The lowest BCUT2D eigenvalue weighted by molar-refractivity contribution is 0.0388. The smallest absolute Gasteiger partial charge is 0.137 e. The van der Waals surface area contributed by atoms with E-state index in [9.17, 15) is 5.11 Å². The number of aryl methyl sites for hydroxylation is 3. The van der Waals surface area contributed by atoms with E-state index in [1.54, 1.807) is 0 Å². The number of aliphatic hydroxyl groups is 1. The minimum Gasteiger partial charge on any atom is -0.396 e. The third-order valence-corrected chi connectivity index (χ3v) is 4.73. The molecule has 2 aromatic heterocycles. The number of rotatable bonds is 5. The Balaban J connectivity index is 1.74. The van der Waals surface area contributed by atoms with Crippen molar-refractivity contribution < 1.29 is 9.84 Å². The zero-order valence-electron chi connectivity index (χ0n) is 14.2. The second kappa shape index (κ2) is 6.85. The van der Waals surface area contributed by atoms with Crippen molar-refractivity contribution in [3.63, 3.8) is 0 Å². The average Bonchev–Trinajstić information content (AvgIpc) is 3.11. The van der Waals surface area contributed by atoms with Gasteiger partial charge in [-0.05, 0) is 75.8 Å². The molecule has 2 aromatic rings. The van der Waals surface area contributed by atoms with Gasteiger partial charge in [0.05, 0.1) is 18.4 Å². The molecule has 0 spiro atoms. The van der Waals surface area contributed by atoms with Gasteiger partial charge in [-0.3, -0.25) is 0 Å². The maximum Gasteiger partial charge on any atom is 0.137 e. The first-order chi connectivity index (χ1) is 11.1. The summed E-state index contributed by atoms with van der Waals surface area (Å²) in [5.41, 5.74) is 4.55. The molecule has 0 saturated heterocycles. The molecule has 3 rings (SSSR count). The highest BCUT2D eigenvalue weighted by atomic mass is 16.5. The van der Waals surface area contributed by atoms with Crippen molar-refractivity contribution in [3.8, 4) is 5.82 Å². The highest BCUT2D eigenvalue weighted by molar-refractivity contribution is 5.35. The van der Waals surface area contributed by atoms with Crippen LogP contribution >= 0.6 is 0 Å². The van der Waals surface area contributed by atoms with E-state index in [4.69, 9.17) is 9.72 Å². The number of hydrogen-bond donors (Lipinski definition) is 1. The molecule has 23 heavy (non-hydrogen) atoms. The second-order valence-electron chi connectivity index (χ2n) is 6.74. The molecular weight excluding hydrogens is 288 g/mol. The third-order valence-electron chi connectivity index (χ3n) is 4.73. The lowest BCUT2D eigenvalue weighted by atomic mass is 10.1. The third kappa shape index (κ3) is 3.65. The van der Waals surface area contributed by atoms with E-state index in [1.165, 1.54) is 17.0 Å². The first-order valence-corrected chi connectivity index (χ1v) is 8.42. The molecule has 0 amide bonds. The fourth-order valence-corrected chi connectivity index (χ4v) is 3.49. The Morgan fingerprint density at radius 2 is 1.91 bits per heavy atom. The highest BCUT2D eigenvalue weighted by Crippen LogP contribution is 2.28. The van der Waals surface area contributed by atoms with Gasteiger partial charge in [0.15, 0.2) is 0 Å². The predicted octanol–water partition coefficient (Wildman–Crippen LogP) is 3.48. The Bertz CT molecular complexity index is 659. The van der Waals surface area contributed by atoms with Crippen LogP contribution in [0.4, 0.5) is 0 Å². The second-order valence-corrected chi connectivity index (χ2v) is 6.74. The molecule has 2 atom stereocenters. The largest absolute Gasteiger partial charge is 0.396 e. The van der Waals surface area contributed by atoms with Crippen LogP contribution < -0.4 is 0 Å². The zero-order chi connectivity index (χ0) is 16.4. The average molecular weight is 314 g/mol. The summed E-state index contributed by atoms with van der Waals surface area (Å²) in [6.45, 7) is 7.11. The van der Waals surface area contributed by atoms with Gasteiger partial charge in [0.25, 0.3) is 0 Å². The summed E-state index contributed by atoms with van der Waals surface area (Å²) in [6.07, 6.45) is 3.33. The van der Waals surface area contributed by atoms with E-state index < -0.39 is 0 Å². The highest BCUT2D eigenvalue weighted by Gasteiger charge is 2.24. The molecule has 0 unspecified atom stereocenters. The molecule has 1 aliphatic rings. The van der Waals surface area contributed by atoms with Crippen molar-refractivity contribution in [2.24, 2.45) is 5.92 Å². The topological polar surface area (TPSA) is 47.3 Å². The van der Waals surface area contributed by atoms with Gasteiger partial charge in [0, 0.05) is 18.0 Å². The molecule has 1 N–H and O–H groups in total. The molecule has 124 valence electrons. The molecule has 0 aromatic carbocycles. The molecule has 2 heterocycles. The first kappa shape index (κ1) is 16.2. The van der Waals surface area contributed by atoms with Crippen LogP contribution in [0.5, 0.6) is 0 Å². The summed E-state index contributed by atoms with van der Waals surface area (Å²) >= 11 is 0. The molecule has 4 heteroatoms. The van der Waals surface area contributed by atoms with E-state index in [0.717, 1.165) is 30.8 Å². The van der Waals surface area contributed by atoms with Crippen LogP contribution in [0.1, 0.15) is 41.9 Å². The van der Waals surface area contributed by atoms with Crippen LogP contribution in [0.2, 0.25) is 0 Å². The zero-order valence-corrected chi connectivity index (χ0v) is 14.2. The van der Waals surface area contributed by atoms with Crippen LogP contribution in [0.25, 0.3) is 5.82 Å². The van der Waals surface area contributed by atoms with Gasteiger partial charge in [-0.25, -0.2) is 4.98 Å². The van der Waals surface area contributed by atoms with Crippen molar-refractivity contribution in [3.05, 3.63) is 46.9 Å². The van der Waals surface area contributed by atoms with Crippen molar-refractivity contribution in [1.29, 1.82) is 0 Å². The Morgan fingerprint density at radius 3 is 2.57 bits per heavy atom. The van der Waals surface area contributed by atoms with E-state index in [1.807, 2.05) is 0 Å². The molecule has 1 saturated carbocycles. The maximum atomic E-state index is 9.23. The Labute approximate surface area is 138 Å². The van der Waals surface area contributed by atoms with Crippen LogP contribution in [0.3, 0.4) is 0 Å². The summed E-state index contributed by atoms with van der Waals surface area (Å²) in [6, 6.07) is 8.43. The van der Waals surface area contributed by atoms with Crippen molar-refractivity contribution in [1.82, 2.24) is 9.55 Å². The minimum absolute atomic E-state index is 0.257. The van der Waals surface area contributed by atoms with Crippen LogP contribution in [0.15, 0.2) is 24.3 Å². The summed E-state index contributed by atoms with van der Waals surface area (Å²) in [5, 5.41) is 9.23. The van der Waals surface area contributed by atoms with Crippen molar-refractivity contribution in [2.45, 2.75) is 52.7 Å². The van der Waals surface area contributed by atoms with Crippen molar-refractivity contribution in [2.75, 3.05) is 6.61 Å². The monoisotopic (exact) mass is 314 g/mol. The first-order valence-electron chi connectivity index (χ1n) is 8.42. The quantitative estimate of drug-likeness (QED) is 0.919. The molecule has 0 aliphatic heterocycles. The Hall–Kier alpha value is -1.65. The fraction of sp³-hybridized carbons (Fsp3) is 0.526. The molecule has 0 radical (unpaired) electrons. The molecular formula is C19H26N2O2. The van der Waals surface area contributed by atoms with Gasteiger partial charge in [-0.15, -0.1) is 0 Å². The number of ether oxygens (including phenoxy) is 1. The minimum atomic E-state index is 0.257. The number of pyridine rings is 1. The summed E-state index contributed by atoms with van der Waals surface area (Å²) in [5.74, 6) is 1.37. The van der Waals surface area contributed by atoms with Gasteiger partial charge in [-0.1, -0.05) is 0 Å². The van der Waals surface area contributed by atoms with Gasteiger partial charge in [-0.2, -0.15) is 0 Å². The Morgan fingerprint density at radius 1 is 1.17 bits per heavy atom. The van der Waals surface area contributed by atoms with Crippen LogP contribution in [-0.4, -0.2) is 27.4 Å². The SMILES string of the molecule is Cc1cc(CO[C@H]2CC[C@H](CO)C2)nc(-n2c(C)ccc2C)c1. The van der Waals surface area contributed by atoms with E-state index in [2.05, 4.69) is 49.6 Å². The van der Waals surface area contributed by atoms with E-state index in [0.29, 0.717) is 12.5 Å². The standard InChI is InChI=1S/C19H26N2O2/c1-13-8-17(12-23-18-7-6-16(10-18)11-22)20-19(9-13)21-14(2)4-5-15(21)3/h4-5,8-9,16,18,22H,6-7,10-12H2,1-3H3/t16-,18-/m0/s1. The number of hydrogen-bond acceptors (Lipinski definition) is 3. The van der Waals surface area contributed by atoms with Gasteiger partial charge < -0.3 is 14.4 Å². The van der Waals surface area contributed by atoms with Gasteiger partial charge >= 0.3 is 0 Å². The molecule has 0 bridgehead atoms. The molecule has 1 fully saturated rings. The lowest BCUT2D eigenvalue weighted by Crippen LogP contribution is -2.11. The number of nitrogens with zero attached hydrogens (tertiary/aromatic N) is 2. The van der Waals surface area contributed by atoms with Gasteiger partial charge in [0.2, 0.25) is 0 Å². The number of aliphatic hydroxyl groups excluding tert-OH is 1. The van der Waals surface area contributed by atoms with Crippen LogP contribution in [0, 0.1) is 26.7 Å². The molecule has 4 nitrogen and oxygen atoms in total. The summed E-state index contributed by atoms with van der Waals surface area (Å²) < 4.78 is 8.20. The maximum absolute atomic E-state index is 9.23. The summed E-state index contributed by atoms with van der Waals surface area (Å²) in [4.78, 5) is 4.79. The molecule has 1 aliphatic carbocycles. The van der Waals surface area contributed by atoms with E-state index >= 15 is 0 Å². The fourth-order valence-electron chi connectivity index (χ4n) is 3.49.